The summed E-state index contributed by atoms with van der Waals surface area (Å²) in [4.78, 5) is 13.8. The second-order valence-corrected chi connectivity index (χ2v) is 4.57. The van der Waals surface area contributed by atoms with Crippen molar-refractivity contribution in [3.8, 4) is 5.75 Å². The van der Waals surface area contributed by atoms with Crippen molar-refractivity contribution in [1.82, 2.24) is 10.2 Å². The topological polar surface area (TPSA) is 41.6 Å². The summed E-state index contributed by atoms with van der Waals surface area (Å²) in [5, 5.41) is 3.42. The summed E-state index contributed by atoms with van der Waals surface area (Å²) in [5.41, 5.74) is 1.34. The van der Waals surface area contributed by atoms with Crippen LogP contribution < -0.4 is 10.1 Å². The summed E-state index contributed by atoms with van der Waals surface area (Å²) in [6, 6.07) is 7.54. The molecule has 1 aromatic carbocycles. The number of nitrogens with one attached hydrogen (secondary N) is 1. The van der Waals surface area contributed by atoms with Gasteiger partial charge in [-0.15, -0.1) is 0 Å². The number of amides is 1. The number of methoxy groups -OCH3 is 1. The normalized spacial score (nSPS) is 16.9. The minimum Gasteiger partial charge on any atom is -0.496 e. The van der Waals surface area contributed by atoms with E-state index in [0.717, 1.165) is 17.7 Å². The van der Waals surface area contributed by atoms with Crippen molar-refractivity contribution in [2.45, 2.75) is 13.3 Å². The number of rotatable bonds is 4. The maximum absolute atomic E-state index is 12.2. The predicted octanol–water partition coefficient (Wildman–Crippen LogP) is 2.16. The Morgan fingerprint density at radius 1 is 1.42 bits per heavy atom. The average molecular weight is 276 g/mol. The maximum Gasteiger partial charge on any atom is 0.276 e. The third-order valence-electron chi connectivity index (χ3n) is 2.85. The first-order chi connectivity index (χ1) is 9.17. The molecule has 0 bridgehead atoms. The molecule has 1 N–H and O–H groups in total. The molecule has 1 heterocycles. The van der Waals surface area contributed by atoms with Crippen molar-refractivity contribution in [3.63, 3.8) is 0 Å². The zero-order chi connectivity index (χ0) is 13.8. The molecule has 0 spiro atoms. The Hall–Kier alpha value is -1.88. The number of nitrogens with zero attached hydrogens (tertiary/aromatic N) is 1. The van der Waals surface area contributed by atoms with Gasteiger partial charge in [0.1, 0.15) is 11.4 Å². The van der Waals surface area contributed by atoms with Crippen LogP contribution in [-0.4, -0.2) is 29.6 Å². The number of hydrogen-bond acceptors (Lipinski definition) is 3. The smallest absolute Gasteiger partial charge is 0.276 e. The quantitative estimate of drug-likeness (QED) is 0.676. The summed E-state index contributed by atoms with van der Waals surface area (Å²) < 4.78 is 5.26. The lowest BCUT2D eigenvalue weighted by Gasteiger charge is -2.11. The summed E-state index contributed by atoms with van der Waals surface area (Å²) in [6.45, 7) is 2.64. The van der Waals surface area contributed by atoms with Gasteiger partial charge in [0.05, 0.1) is 7.11 Å². The lowest BCUT2D eigenvalue weighted by molar-refractivity contribution is -0.122. The maximum atomic E-state index is 12.2. The Morgan fingerprint density at radius 2 is 2.16 bits per heavy atom. The van der Waals surface area contributed by atoms with Crippen LogP contribution in [0.1, 0.15) is 18.9 Å². The third-order valence-corrected chi connectivity index (χ3v) is 3.17. The fourth-order valence-corrected chi connectivity index (χ4v) is 2.22. The molecule has 5 heteroatoms. The van der Waals surface area contributed by atoms with Crippen LogP contribution in [0.2, 0.25) is 0 Å². The van der Waals surface area contributed by atoms with Crippen molar-refractivity contribution in [2.24, 2.45) is 0 Å². The molecule has 0 saturated carbocycles. The molecule has 1 saturated heterocycles. The minimum atomic E-state index is -0.0854. The van der Waals surface area contributed by atoms with E-state index in [1.165, 1.54) is 0 Å². The first kappa shape index (κ1) is 13.5. The van der Waals surface area contributed by atoms with Gasteiger partial charge in [0, 0.05) is 12.1 Å². The van der Waals surface area contributed by atoms with E-state index in [1.807, 2.05) is 31.2 Å². The largest absolute Gasteiger partial charge is 0.496 e. The summed E-state index contributed by atoms with van der Waals surface area (Å²) in [7, 11) is 1.61. The number of ether oxygens (including phenoxy) is 1. The molecule has 0 atom stereocenters. The standard InChI is InChI=1S/C14H16N2O2S/c1-3-8-16-13(17)11(15-14(16)19)9-10-6-4-5-7-12(10)18-2/h4-7,9H,3,8H2,1-2H3,(H,15,19)/b11-9-. The van der Waals surface area contributed by atoms with E-state index in [4.69, 9.17) is 17.0 Å². The number of carbonyl (C=O) groups excluding carboxylic acids is 1. The van der Waals surface area contributed by atoms with Crippen LogP contribution in [0, 0.1) is 0 Å². The van der Waals surface area contributed by atoms with Crippen molar-refractivity contribution < 1.29 is 9.53 Å². The fourth-order valence-electron chi connectivity index (χ4n) is 1.94. The van der Waals surface area contributed by atoms with Gasteiger partial charge < -0.3 is 10.1 Å². The molecule has 1 fully saturated rings. The van der Waals surface area contributed by atoms with Gasteiger partial charge in [-0.1, -0.05) is 25.1 Å². The van der Waals surface area contributed by atoms with E-state index in [-0.39, 0.29) is 5.91 Å². The van der Waals surface area contributed by atoms with Crippen LogP contribution in [0.5, 0.6) is 5.75 Å². The SMILES string of the molecule is CCCN1C(=O)/C(=C/c2ccccc2OC)NC1=S. The molecule has 0 unspecified atom stereocenters. The molecule has 4 nitrogen and oxygen atoms in total. The van der Waals surface area contributed by atoms with Crippen LogP contribution in [0.4, 0.5) is 0 Å². The molecule has 0 aliphatic carbocycles. The van der Waals surface area contributed by atoms with Crippen LogP contribution in [-0.2, 0) is 4.79 Å². The molecule has 1 aliphatic rings. The van der Waals surface area contributed by atoms with Gasteiger partial charge in [-0.3, -0.25) is 9.69 Å². The van der Waals surface area contributed by atoms with Gasteiger partial charge in [-0.2, -0.15) is 0 Å². The van der Waals surface area contributed by atoms with Crippen LogP contribution >= 0.6 is 12.2 Å². The molecule has 1 amide bonds. The van der Waals surface area contributed by atoms with E-state index < -0.39 is 0 Å². The highest BCUT2D eigenvalue weighted by Gasteiger charge is 2.29. The predicted molar refractivity (Wildman–Crippen MR) is 78.7 cm³/mol. The van der Waals surface area contributed by atoms with Gasteiger partial charge in [0.15, 0.2) is 5.11 Å². The zero-order valence-electron chi connectivity index (χ0n) is 11.0. The van der Waals surface area contributed by atoms with E-state index in [1.54, 1.807) is 18.1 Å². The lowest BCUT2D eigenvalue weighted by Crippen LogP contribution is -2.31. The van der Waals surface area contributed by atoms with E-state index >= 15 is 0 Å². The Labute approximate surface area is 118 Å². The second-order valence-electron chi connectivity index (χ2n) is 4.19. The van der Waals surface area contributed by atoms with Crippen molar-refractivity contribution in [2.75, 3.05) is 13.7 Å². The van der Waals surface area contributed by atoms with Crippen molar-refractivity contribution >= 4 is 29.3 Å². The first-order valence-corrected chi connectivity index (χ1v) is 6.55. The van der Waals surface area contributed by atoms with Gasteiger partial charge in [-0.25, -0.2) is 0 Å². The number of para-hydroxylation sites is 1. The molecule has 0 radical (unpaired) electrons. The third kappa shape index (κ3) is 2.76. The highest BCUT2D eigenvalue weighted by molar-refractivity contribution is 7.80. The molecule has 100 valence electrons. The zero-order valence-corrected chi connectivity index (χ0v) is 11.8. The van der Waals surface area contributed by atoms with Gasteiger partial charge in [-0.05, 0) is 30.8 Å². The summed E-state index contributed by atoms with van der Waals surface area (Å²) in [5.74, 6) is 0.641. The molecule has 19 heavy (non-hydrogen) atoms. The molecular formula is C14H16N2O2S. The highest BCUT2D eigenvalue weighted by Crippen LogP contribution is 2.22. The fraction of sp³-hybridized carbons (Fsp3) is 0.286. The second kappa shape index (κ2) is 5.84. The molecular weight excluding hydrogens is 260 g/mol. The molecule has 1 aromatic rings. The Bertz CT molecular complexity index is 540. The van der Waals surface area contributed by atoms with Crippen LogP contribution in [0.25, 0.3) is 6.08 Å². The Morgan fingerprint density at radius 3 is 2.84 bits per heavy atom. The summed E-state index contributed by atoms with van der Waals surface area (Å²) in [6.07, 6.45) is 2.64. The number of carbonyl (C=O) groups is 1. The average Bonchev–Trinajstić information content (AvgIpc) is 2.67. The minimum absolute atomic E-state index is 0.0854. The molecule has 1 aliphatic heterocycles. The number of thiocarbonyl (C=S) groups is 1. The van der Waals surface area contributed by atoms with Gasteiger partial charge in [0.2, 0.25) is 0 Å². The molecule has 2 rings (SSSR count). The monoisotopic (exact) mass is 276 g/mol. The lowest BCUT2D eigenvalue weighted by atomic mass is 10.1. The van der Waals surface area contributed by atoms with E-state index in [9.17, 15) is 4.79 Å². The highest BCUT2D eigenvalue weighted by atomic mass is 32.1. The van der Waals surface area contributed by atoms with Gasteiger partial charge in [0.25, 0.3) is 5.91 Å². The summed E-state index contributed by atoms with van der Waals surface area (Å²) >= 11 is 5.16. The van der Waals surface area contributed by atoms with Crippen LogP contribution in [0.15, 0.2) is 30.0 Å². The first-order valence-electron chi connectivity index (χ1n) is 6.15. The molecule has 0 aromatic heterocycles. The Balaban J connectivity index is 2.30. The number of benzene rings is 1. The van der Waals surface area contributed by atoms with Crippen molar-refractivity contribution in [1.29, 1.82) is 0 Å². The van der Waals surface area contributed by atoms with E-state index in [2.05, 4.69) is 5.32 Å². The van der Waals surface area contributed by atoms with E-state index in [0.29, 0.717) is 17.4 Å². The van der Waals surface area contributed by atoms with Crippen LogP contribution in [0.3, 0.4) is 0 Å². The number of hydrogen-bond donors (Lipinski definition) is 1. The van der Waals surface area contributed by atoms with Crippen molar-refractivity contribution in [3.05, 3.63) is 35.5 Å². The Kier molecular flexibility index (Phi) is 4.16. The van der Waals surface area contributed by atoms with Gasteiger partial charge >= 0.3 is 0 Å².